The number of rotatable bonds is 4. The SMILES string of the molecule is CCOc1ccc(C(=O)N2CCCn3nc(CO)cc3C2)o1. The van der Waals surface area contributed by atoms with Crippen molar-refractivity contribution in [2.45, 2.75) is 33.0 Å². The van der Waals surface area contributed by atoms with Crippen LogP contribution in [-0.4, -0.2) is 38.8 Å². The summed E-state index contributed by atoms with van der Waals surface area (Å²) < 4.78 is 12.5. The van der Waals surface area contributed by atoms with Crippen LogP contribution in [-0.2, 0) is 19.7 Å². The van der Waals surface area contributed by atoms with Crippen LogP contribution >= 0.6 is 0 Å². The Morgan fingerprint density at radius 3 is 3.09 bits per heavy atom. The van der Waals surface area contributed by atoms with Crippen molar-refractivity contribution >= 4 is 5.91 Å². The number of aliphatic hydroxyl groups excluding tert-OH is 1. The van der Waals surface area contributed by atoms with Gasteiger partial charge in [0, 0.05) is 19.2 Å². The van der Waals surface area contributed by atoms with E-state index in [2.05, 4.69) is 5.10 Å². The highest BCUT2D eigenvalue weighted by atomic mass is 16.6. The molecule has 0 bridgehead atoms. The Kier molecular flexibility index (Phi) is 4.15. The molecule has 0 saturated heterocycles. The smallest absolute Gasteiger partial charge is 0.290 e. The van der Waals surface area contributed by atoms with Gasteiger partial charge in [0.1, 0.15) is 0 Å². The first-order chi connectivity index (χ1) is 10.7. The Morgan fingerprint density at radius 1 is 1.45 bits per heavy atom. The highest BCUT2D eigenvalue weighted by molar-refractivity contribution is 5.91. The van der Waals surface area contributed by atoms with Crippen LogP contribution in [0.1, 0.15) is 35.3 Å². The van der Waals surface area contributed by atoms with E-state index in [1.807, 2.05) is 17.7 Å². The maximum absolute atomic E-state index is 12.6. The van der Waals surface area contributed by atoms with Crippen molar-refractivity contribution in [1.82, 2.24) is 14.7 Å². The number of furan rings is 1. The second-order valence-electron chi connectivity index (χ2n) is 5.14. The number of aryl methyl sites for hydroxylation is 1. The van der Waals surface area contributed by atoms with Crippen molar-refractivity contribution in [3.63, 3.8) is 0 Å². The zero-order valence-electron chi connectivity index (χ0n) is 12.5. The van der Waals surface area contributed by atoms with E-state index in [9.17, 15) is 9.90 Å². The van der Waals surface area contributed by atoms with Gasteiger partial charge in [-0.15, -0.1) is 0 Å². The number of hydrogen-bond acceptors (Lipinski definition) is 5. The molecule has 0 saturated carbocycles. The topological polar surface area (TPSA) is 80.7 Å². The molecule has 7 nitrogen and oxygen atoms in total. The first kappa shape index (κ1) is 14.6. The third-order valence-corrected chi connectivity index (χ3v) is 3.59. The number of amides is 1. The minimum Gasteiger partial charge on any atom is -0.465 e. The molecule has 1 aliphatic rings. The predicted octanol–water partition coefficient (Wildman–Crippen LogP) is 1.41. The van der Waals surface area contributed by atoms with Gasteiger partial charge in [-0.2, -0.15) is 5.10 Å². The minimum absolute atomic E-state index is 0.0934. The molecule has 0 fully saturated rings. The summed E-state index contributed by atoms with van der Waals surface area (Å²) in [5.41, 5.74) is 1.55. The number of fused-ring (bicyclic) bond motifs is 1. The van der Waals surface area contributed by atoms with E-state index < -0.39 is 0 Å². The van der Waals surface area contributed by atoms with E-state index in [-0.39, 0.29) is 18.3 Å². The molecule has 0 radical (unpaired) electrons. The lowest BCUT2D eigenvalue weighted by atomic mass is 10.3. The first-order valence-corrected chi connectivity index (χ1v) is 7.39. The van der Waals surface area contributed by atoms with Gasteiger partial charge in [0.05, 0.1) is 31.1 Å². The van der Waals surface area contributed by atoms with Crippen LogP contribution in [0.4, 0.5) is 0 Å². The molecule has 2 aromatic rings. The Labute approximate surface area is 128 Å². The summed E-state index contributed by atoms with van der Waals surface area (Å²) in [5.74, 6) is 0.471. The Morgan fingerprint density at radius 2 is 2.32 bits per heavy atom. The number of aliphatic hydroxyl groups is 1. The molecule has 1 N–H and O–H groups in total. The van der Waals surface area contributed by atoms with Crippen LogP contribution in [0, 0.1) is 0 Å². The standard InChI is InChI=1S/C15H19N3O4/c1-2-21-14-5-4-13(22-14)15(20)17-6-3-7-18-12(9-17)8-11(10-19)16-18/h4-5,8,19H,2-3,6-7,9-10H2,1H3. The molecule has 1 amide bonds. The number of aromatic nitrogens is 2. The largest absolute Gasteiger partial charge is 0.465 e. The van der Waals surface area contributed by atoms with E-state index in [1.165, 1.54) is 0 Å². The lowest BCUT2D eigenvalue weighted by Gasteiger charge is -2.18. The highest BCUT2D eigenvalue weighted by Crippen LogP contribution is 2.20. The second-order valence-corrected chi connectivity index (χ2v) is 5.14. The quantitative estimate of drug-likeness (QED) is 0.924. The summed E-state index contributed by atoms with van der Waals surface area (Å²) >= 11 is 0. The maximum Gasteiger partial charge on any atom is 0.290 e. The minimum atomic E-state index is -0.161. The van der Waals surface area contributed by atoms with E-state index in [1.54, 1.807) is 17.0 Å². The molecule has 7 heteroatoms. The number of hydrogen-bond donors (Lipinski definition) is 1. The third-order valence-electron chi connectivity index (χ3n) is 3.59. The Bertz CT molecular complexity index is 662. The molecule has 0 aromatic carbocycles. The van der Waals surface area contributed by atoms with Crippen LogP contribution in [0.25, 0.3) is 0 Å². The summed E-state index contributed by atoms with van der Waals surface area (Å²) in [6.07, 6.45) is 0.810. The normalized spacial score (nSPS) is 14.5. The molecule has 2 aromatic heterocycles. The van der Waals surface area contributed by atoms with Gasteiger partial charge < -0.3 is 19.2 Å². The molecule has 0 atom stereocenters. The van der Waals surface area contributed by atoms with Crippen molar-refractivity contribution in [3.05, 3.63) is 35.3 Å². The van der Waals surface area contributed by atoms with Gasteiger partial charge in [-0.05, 0) is 25.5 Å². The zero-order valence-corrected chi connectivity index (χ0v) is 12.5. The lowest BCUT2D eigenvalue weighted by Crippen LogP contribution is -2.30. The van der Waals surface area contributed by atoms with Gasteiger partial charge in [0.15, 0.2) is 5.76 Å². The molecule has 0 unspecified atom stereocenters. The van der Waals surface area contributed by atoms with Gasteiger partial charge >= 0.3 is 0 Å². The fourth-order valence-electron chi connectivity index (χ4n) is 2.58. The van der Waals surface area contributed by atoms with E-state index in [0.29, 0.717) is 31.3 Å². The van der Waals surface area contributed by atoms with Crippen molar-refractivity contribution in [2.24, 2.45) is 0 Å². The summed E-state index contributed by atoms with van der Waals surface area (Å²) in [5, 5.41) is 13.5. The summed E-state index contributed by atoms with van der Waals surface area (Å²) in [4.78, 5) is 14.3. The van der Waals surface area contributed by atoms with E-state index >= 15 is 0 Å². The molecule has 0 aliphatic carbocycles. The molecule has 3 rings (SSSR count). The van der Waals surface area contributed by atoms with Gasteiger partial charge in [-0.3, -0.25) is 9.48 Å². The Hall–Kier alpha value is -2.28. The molecule has 22 heavy (non-hydrogen) atoms. The third kappa shape index (κ3) is 2.85. The van der Waals surface area contributed by atoms with Gasteiger partial charge in [-0.25, -0.2) is 0 Å². The monoisotopic (exact) mass is 305 g/mol. The average Bonchev–Trinajstić information content (AvgIpc) is 3.09. The molecular formula is C15H19N3O4. The van der Waals surface area contributed by atoms with E-state index in [0.717, 1.165) is 18.7 Å². The van der Waals surface area contributed by atoms with Crippen LogP contribution in [0.3, 0.4) is 0 Å². The predicted molar refractivity (Wildman–Crippen MR) is 77.4 cm³/mol. The number of carbonyl (C=O) groups excluding carboxylic acids is 1. The van der Waals surface area contributed by atoms with Crippen LogP contribution < -0.4 is 4.74 Å². The molecular weight excluding hydrogens is 286 g/mol. The van der Waals surface area contributed by atoms with Crippen molar-refractivity contribution in [2.75, 3.05) is 13.2 Å². The average molecular weight is 305 g/mol. The highest BCUT2D eigenvalue weighted by Gasteiger charge is 2.24. The van der Waals surface area contributed by atoms with E-state index in [4.69, 9.17) is 9.15 Å². The fourth-order valence-corrected chi connectivity index (χ4v) is 2.58. The first-order valence-electron chi connectivity index (χ1n) is 7.39. The van der Waals surface area contributed by atoms with Crippen LogP contribution in [0.2, 0.25) is 0 Å². The van der Waals surface area contributed by atoms with Crippen LogP contribution in [0.15, 0.2) is 22.6 Å². The number of nitrogens with zero attached hydrogens (tertiary/aromatic N) is 3. The number of carbonyl (C=O) groups is 1. The number of ether oxygens (including phenoxy) is 1. The molecule has 0 spiro atoms. The molecule has 118 valence electrons. The Balaban J connectivity index is 1.77. The zero-order chi connectivity index (χ0) is 15.5. The maximum atomic E-state index is 12.6. The van der Waals surface area contributed by atoms with Crippen molar-refractivity contribution in [1.29, 1.82) is 0 Å². The fraction of sp³-hybridized carbons (Fsp3) is 0.467. The van der Waals surface area contributed by atoms with Gasteiger partial charge in [-0.1, -0.05) is 0 Å². The van der Waals surface area contributed by atoms with Crippen molar-refractivity contribution in [3.8, 4) is 5.95 Å². The summed E-state index contributed by atoms with van der Waals surface area (Å²) in [6, 6.07) is 5.12. The summed E-state index contributed by atoms with van der Waals surface area (Å²) in [6.45, 7) is 4.09. The van der Waals surface area contributed by atoms with Gasteiger partial charge in [0.25, 0.3) is 11.9 Å². The van der Waals surface area contributed by atoms with Crippen LogP contribution in [0.5, 0.6) is 5.95 Å². The lowest BCUT2D eigenvalue weighted by molar-refractivity contribution is 0.0705. The van der Waals surface area contributed by atoms with Crippen molar-refractivity contribution < 1.29 is 19.1 Å². The molecule has 3 heterocycles. The summed E-state index contributed by atoms with van der Waals surface area (Å²) in [7, 11) is 0. The van der Waals surface area contributed by atoms with Gasteiger partial charge in [0.2, 0.25) is 0 Å². The second kappa shape index (κ2) is 6.23. The molecule has 1 aliphatic heterocycles.